The van der Waals surface area contributed by atoms with Gasteiger partial charge in [-0.15, -0.1) is 10.2 Å². The Kier molecular flexibility index (Phi) is 3.40. The smallest absolute Gasteiger partial charge is 0.123 e. The Bertz CT molecular complexity index is 345. The topological polar surface area (TPSA) is 30.7 Å². The van der Waals surface area contributed by atoms with Gasteiger partial charge in [0.2, 0.25) is 0 Å². The third-order valence-corrected chi connectivity index (χ3v) is 1.98. The molecule has 0 saturated carbocycles. The Labute approximate surface area is 84.5 Å². The summed E-state index contributed by atoms with van der Waals surface area (Å²) in [6.07, 6.45) is 7.11. The molecule has 0 aliphatic heterocycles. The molecule has 1 aromatic heterocycles. The van der Waals surface area contributed by atoms with E-state index in [0.717, 1.165) is 11.3 Å². The van der Waals surface area contributed by atoms with Gasteiger partial charge in [0.05, 0.1) is 0 Å². The standard InChI is InChI=1S/C11H15N3/c1-9(2)10(3)5-6-11(4)14-7-12-13-8-14/h5-9H,3-4H2,1-2H3/b6-5-. The molecule has 1 aromatic rings. The van der Waals surface area contributed by atoms with E-state index in [2.05, 4.69) is 37.2 Å². The normalized spacial score (nSPS) is 11.1. The molecule has 0 fully saturated rings. The average Bonchev–Trinajstić information content (AvgIpc) is 2.66. The summed E-state index contributed by atoms with van der Waals surface area (Å²) in [6, 6.07) is 0. The van der Waals surface area contributed by atoms with Gasteiger partial charge in [-0.05, 0) is 12.0 Å². The summed E-state index contributed by atoms with van der Waals surface area (Å²) in [4.78, 5) is 0. The Hall–Kier alpha value is -1.64. The molecule has 0 unspecified atom stereocenters. The molecule has 3 nitrogen and oxygen atoms in total. The zero-order valence-corrected chi connectivity index (χ0v) is 8.64. The van der Waals surface area contributed by atoms with Crippen molar-refractivity contribution in [1.82, 2.24) is 14.8 Å². The van der Waals surface area contributed by atoms with Crippen LogP contribution >= 0.6 is 0 Å². The summed E-state index contributed by atoms with van der Waals surface area (Å²) in [6.45, 7) is 12.0. The van der Waals surface area contributed by atoms with Crippen LogP contribution in [-0.4, -0.2) is 14.8 Å². The van der Waals surface area contributed by atoms with Crippen molar-refractivity contribution in [2.45, 2.75) is 13.8 Å². The van der Waals surface area contributed by atoms with Crippen LogP contribution < -0.4 is 0 Å². The Balaban J connectivity index is 2.62. The van der Waals surface area contributed by atoms with Crippen molar-refractivity contribution in [2.75, 3.05) is 0 Å². The van der Waals surface area contributed by atoms with E-state index in [4.69, 9.17) is 0 Å². The van der Waals surface area contributed by atoms with Crippen molar-refractivity contribution in [2.24, 2.45) is 5.92 Å². The fourth-order valence-electron chi connectivity index (χ4n) is 0.831. The van der Waals surface area contributed by atoms with E-state index < -0.39 is 0 Å². The van der Waals surface area contributed by atoms with E-state index in [0.29, 0.717) is 5.92 Å². The third kappa shape index (κ3) is 2.69. The number of nitrogens with zero attached hydrogens (tertiary/aromatic N) is 3. The van der Waals surface area contributed by atoms with Crippen LogP contribution in [0.3, 0.4) is 0 Å². The van der Waals surface area contributed by atoms with Crippen molar-refractivity contribution >= 4 is 5.70 Å². The largest absolute Gasteiger partial charge is 0.289 e. The third-order valence-electron chi connectivity index (χ3n) is 1.98. The van der Waals surface area contributed by atoms with Crippen molar-refractivity contribution in [3.05, 3.63) is 43.5 Å². The van der Waals surface area contributed by atoms with Gasteiger partial charge in [0.25, 0.3) is 0 Å². The molecule has 0 N–H and O–H groups in total. The number of aromatic nitrogens is 3. The monoisotopic (exact) mass is 189 g/mol. The summed E-state index contributed by atoms with van der Waals surface area (Å²) in [5.74, 6) is 0.458. The first-order valence-corrected chi connectivity index (χ1v) is 4.52. The average molecular weight is 189 g/mol. The molecule has 0 bridgehead atoms. The molecule has 0 radical (unpaired) electrons. The van der Waals surface area contributed by atoms with Gasteiger partial charge in [-0.1, -0.05) is 38.7 Å². The van der Waals surface area contributed by atoms with Crippen molar-refractivity contribution < 1.29 is 0 Å². The summed E-state index contributed by atoms with van der Waals surface area (Å²) >= 11 is 0. The molecule has 3 heteroatoms. The molecule has 0 aromatic carbocycles. The van der Waals surface area contributed by atoms with Gasteiger partial charge in [-0.2, -0.15) is 0 Å². The van der Waals surface area contributed by atoms with Crippen LogP contribution in [0.4, 0.5) is 0 Å². The lowest BCUT2D eigenvalue weighted by Gasteiger charge is -2.03. The predicted molar refractivity (Wildman–Crippen MR) is 58.5 cm³/mol. The zero-order chi connectivity index (χ0) is 10.6. The van der Waals surface area contributed by atoms with E-state index in [9.17, 15) is 0 Å². The van der Waals surface area contributed by atoms with Crippen LogP contribution in [0.25, 0.3) is 5.70 Å². The van der Waals surface area contributed by atoms with Crippen molar-refractivity contribution in [3.63, 3.8) is 0 Å². The molecule has 0 atom stereocenters. The fourth-order valence-corrected chi connectivity index (χ4v) is 0.831. The van der Waals surface area contributed by atoms with Gasteiger partial charge in [0, 0.05) is 5.70 Å². The van der Waals surface area contributed by atoms with Crippen LogP contribution in [0.15, 0.2) is 43.5 Å². The van der Waals surface area contributed by atoms with E-state index >= 15 is 0 Å². The molecule has 0 saturated heterocycles. The number of hydrogen-bond acceptors (Lipinski definition) is 2. The molecule has 0 amide bonds. The van der Waals surface area contributed by atoms with Gasteiger partial charge in [0.1, 0.15) is 12.7 Å². The highest BCUT2D eigenvalue weighted by Gasteiger charge is 1.96. The van der Waals surface area contributed by atoms with Gasteiger partial charge in [0.15, 0.2) is 0 Å². The molecule has 0 spiro atoms. The maximum Gasteiger partial charge on any atom is 0.123 e. The van der Waals surface area contributed by atoms with Crippen LogP contribution in [0.5, 0.6) is 0 Å². The first kappa shape index (κ1) is 10.4. The number of hydrogen-bond donors (Lipinski definition) is 0. The first-order valence-electron chi connectivity index (χ1n) is 4.52. The lowest BCUT2D eigenvalue weighted by atomic mass is 10.1. The Morgan fingerprint density at radius 3 is 2.29 bits per heavy atom. The van der Waals surface area contributed by atoms with Gasteiger partial charge >= 0.3 is 0 Å². The van der Waals surface area contributed by atoms with E-state index in [1.54, 1.807) is 17.2 Å². The van der Waals surface area contributed by atoms with E-state index in [1.807, 2.05) is 12.2 Å². The summed E-state index contributed by atoms with van der Waals surface area (Å²) in [5.41, 5.74) is 1.91. The quantitative estimate of drug-likeness (QED) is 0.681. The molecule has 1 rings (SSSR count). The van der Waals surface area contributed by atoms with E-state index in [-0.39, 0.29) is 0 Å². The van der Waals surface area contributed by atoms with Crippen molar-refractivity contribution in [1.29, 1.82) is 0 Å². The highest BCUT2D eigenvalue weighted by Crippen LogP contribution is 2.10. The molecule has 0 aliphatic rings. The van der Waals surface area contributed by atoms with Gasteiger partial charge < -0.3 is 0 Å². The highest BCUT2D eigenvalue weighted by molar-refractivity contribution is 5.54. The van der Waals surface area contributed by atoms with Gasteiger partial charge in [-0.25, -0.2) is 0 Å². The summed E-state index contributed by atoms with van der Waals surface area (Å²) in [5, 5.41) is 7.40. The number of rotatable bonds is 4. The molecule has 1 heterocycles. The predicted octanol–water partition coefficient (Wildman–Crippen LogP) is 2.52. The zero-order valence-electron chi connectivity index (χ0n) is 8.64. The lowest BCUT2D eigenvalue weighted by Crippen LogP contribution is -1.91. The molecule has 0 aliphatic carbocycles. The van der Waals surface area contributed by atoms with Crippen LogP contribution in [-0.2, 0) is 0 Å². The number of allylic oxidation sites excluding steroid dienone is 4. The minimum Gasteiger partial charge on any atom is -0.289 e. The summed E-state index contributed by atoms with van der Waals surface area (Å²) < 4.78 is 1.75. The maximum atomic E-state index is 3.94. The second-order valence-electron chi connectivity index (χ2n) is 3.42. The fraction of sp³-hybridized carbons (Fsp3) is 0.273. The van der Waals surface area contributed by atoms with Gasteiger partial charge in [-0.3, -0.25) is 4.57 Å². The van der Waals surface area contributed by atoms with E-state index in [1.165, 1.54) is 0 Å². The minimum atomic E-state index is 0.458. The first-order chi connectivity index (χ1) is 6.61. The van der Waals surface area contributed by atoms with Crippen molar-refractivity contribution in [3.8, 4) is 0 Å². The van der Waals surface area contributed by atoms with Crippen LogP contribution in [0.2, 0.25) is 0 Å². The maximum absolute atomic E-state index is 3.94. The molecular formula is C11H15N3. The molecule has 74 valence electrons. The summed E-state index contributed by atoms with van der Waals surface area (Å²) in [7, 11) is 0. The highest BCUT2D eigenvalue weighted by atomic mass is 15.2. The molecular weight excluding hydrogens is 174 g/mol. The second-order valence-corrected chi connectivity index (χ2v) is 3.42. The Morgan fingerprint density at radius 1 is 1.21 bits per heavy atom. The second kappa shape index (κ2) is 4.56. The van der Waals surface area contributed by atoms with Crippen LogP contribution in [0, 0.1) is 5.92 Å². The molecule has 14 heavy (non-hydrogen) atoms. The lowest BCUT2D eigenvalue weighted by molar-refractivity contribution is 0.795. The Morgan fingerprint density at radius 2 is 1.79 bits per heavy atom. The van der Waals surface area contributed by atoms with Crippen LogP contribution in [0.1, 0.15) is 13.8 Å². The SMILES string of the molecule is C=C(/C=C\C(=C)n1cnnc1)C(C)C. The minimum absolute atomic E-state index is 0.458.